The highest BCUT2D eigenvalue weighted by atomic mass is 16.2. The third-order valence-corrected chi connectivity index (χ3v) is 4.34. The van der Waals surface area contributed by atoms with E-state index < -0.39 is 5.54 Å². The summed E-state index contributed by atoms with van der Waals surface area (Å²) in [5.41, 5.74) is 0.208. The van der Waals surface area contributed by atoms with Gasteiger partial charge in [-0.2, -0.15) is 5.10 Å². The summed E-state index contributed by atoms with van der Waals surface area (Å²) in [7, 11) is 0. The molecule has 0 aliphatic heterocycles. The van der Waals surface area contributed by atoms with E-state index in [9.17, 15) is 9.59 Å². The SMILES string of the molecule is Cc1[nH]ncc1C(=O)NC(C)(C)C(=O)NCC1CCCCC1. The largest absolute Gasteiger partial charge is 0.354 e. The lowest BCUT2D eigenvalue weighted by Crippen LogP contribution is -2.55. The van der Waals surface area contributed by atoms with Crippen LogP contribution in [0.4, 0.5) is 0 Å². The summed E-state index contributed by atoms with van der Waals surface area (Å²) < 4.78 is 0. The molecule has 0 spiro atoms. The van der Waals surface area contributed by atoms with E-state index in [-0.39, 0.29) is 11.8 Å². The molecule has 122 valence electrons. The lowest BCUT2D eigenvalue weighted by Gasteiger charge is -2.27. The molecule has 2 amide bonds. The van der Waals surface area contributed by atoms with Crippen molar-refractivity contribution >= 4 is 11.8 Å². The monoisotopic (exact) mass is 306 g/mol. The first-order valence-corrected chi connectivity index (χ1v) is 8.01. The summed E-state index contributed by atoms with van der Waals surface area (Å²) in [5, 5.41) is 12.3. The van der Waals surface area contributed by atoms with Gasteiger partial charge < -0.3 is 10.6 Å². The van der Waals surface area contributed by atoms with Crippen molar-refractivity contribution in [3.8, 4) is 0 Å². The van der Waals surface area contributed by atoms with Gasteiger partial charge in [0.1, 0.15) is 5.54 Å². The van der Waals surface area contributed by atoms with Gasteiger partial charge in [0.15, 0.2) is 0 Å². The molecule has 0 saturated heterocycles. The Kier molecular flexibility index (Phi) is 5.21. The van der Waals surface area contributed by atoms with Gasteiger partial charge in [0.2, 0.25) is 5.91 Å². The fourth-order valence-electron chi connectivity index (χ4n) is 2.84. The number of hydrogen-bond donors (Lipinski definition) is 3. The number of nitrogens with one attached hydrogen (secondary N) is 3. The Balaban J connectivity index is 1.87. The zero-order valence-corrected chi connectivity index (χ0v) is 13.7. The fourth-order valence-corrected chi connectivity index (χ4v) is 2.84. The second kappa shape index (κ2) is 6.94. The van der Waals surface area contributed by atoms with Crippen molar-refractivity contribution in [1.82, 2.24) is 20.8 Å². The number of amides is 2. The minimum atomic E-state index is -0.949. The summed E-state index contributed by atoms with van der Waals surface area (Å²) in [6, 6.07) is 0. The summed E-state index contributed by atoms with van der Waals surface area (Å²) in [6.45, 7) is 5.91. The number of nitrogens with zero attached hydrogens (tertiary/aromatic N) is 1. The molecule has 0 unspecified atom stereocenters. The van der Waals surface area contributed by atoms with E-state index in [1.165, 1.54) is 38.3 Å². The van der Waals surface area contributed by atoms with Crippen LogP contribution in [-0.4, -0.2) is 34.1 Å². The van der Waals surface area contributed by atoms with E-state index in [1.807, 2.05) is 0 Å². The van der Waals surface area contributed by atoms with Crippen LogP contribution < -0.4 is 10.6 Å². The van der Waals surface area contributed by atoms with Crippen LogP contribution in [0.5, 0.6) is 0 Å². The first kappa shape index (κ1) is 16.5. The minimum Gasteiger partial charge on any atom is -0.354 e. The number of carbonyl (C=O) groups excluding carboxylic acids is 2. The average Bonchev–Trinajstić information content (AvgIpc) is 2.91. The highest BCUT2D eigenvalue weighted by molar-refractivity contribution is 5.99. The summed E-state index contributed by atoms with van der Waals surface area (Å²) in [6.07, 6.45) is 7.64. The third-order valence-electron chi connectivity index (χ3n) is 4.34. The Morgan fingerprint density at radius 3 is 2.59 bits per heavy atom. The number of rotatable bonds is 5. The molecule has 0 radical (unpaired) electrons. The molecule has 2 rings (SSSR count). The van der Waals surface area contributed by atoms with Crippen molar-refractivity contribution in [3.63, 3.8) is 0 Å². The molecule has 6 nitrogen and oxygen atoms in total. The minimum absolute atomic E-state index is 0.146. The number of H-pyrrole nitrogens is 1. The van der Waals surface area contributed by atoms with Crippen molar-refractivity contribution in [1.29, 1.82) is 0 Å². The van der Waals surface area contributed by atoms with Crippen LogP contribution in [0.25, 0.3) is 0 Å². The van der Waals surface area contributed by atoms with Crippen molar-refractivity contribution in [2.45, 2.75) is 58.4 Å². The number of aromatic nitrogens is 2. The molecule has 1 aromatic heterocycles. The Morgan fingerprint density at radius 1 is 1.32 bits per heavy atom. The van der Waals surface area contributed by atoms with Crippen LogP contribution in [0.3, 0.4) is 0 Å². The molecule has 1 saturated carbocycles. The van der Waals surface area contributed by atoms with Crippen LogP contribution in [0.2, 0.25) is 0 Å². The summed E-state index contributed by atoms with van der Waals surface area (Å²) in [4.78, 5) is 24.5. The highest BCUT2D eigenvalue weighted by Gasteiger charge is 2.31. The average molecular weight is 306 g/mol. The van der Waals surface area contributed by atoms with Gasteiger partial charge in [-0.25, -0.2) is 0 Å². The smallest absolute Gasteiger partial charge is 0.255 e. The second-order valence-corrected chi connectivity index (χ2v) is 6.70. The van der Waals surface area contributed by atoms with E-state index in [0.29, 0.717) is 23.7 Å². The van der Waals surface area contributed by atoms with Crippen LogP contribution in [0.15, 0.2) is 6.20 Å². The van der Waals surface area contributed by atoms with Crippen LogP contribution >= 0.6 is 0 Å². The molecule has 22 heavy (non-hydrogen) atoms. The predicted molar refractivity (Wildman–Crippen MR) is 84.5 cm³/mol. The Morgan fingerprint density at radius 2 is 2.00 bits per heavy atom. The normalized spacial score (nSPS) is 16.3. The van der Waals surface area contributed by atoms with Gasteiger partial charge in [-0.1, -0.05) is 19.3 Å². The number of hydrogen-bond acceptors (Lipinski definition) is 3. The molecule has 0 atom stereocenters. The summed E-state index contributed by atoms with van der Waals surface area (Å²) in [5.74, 6) is 0.136. The van der Waals surface area contributed by atoms with Crippen LogP contribution in [-0.2, 0) is 4.79 Å². The van der Waals surface area contributed by atoms with Gasteiger partial charge in [0.25, 0.3) is 5.91 Å². The number of carbonyl (C=O) groups is 2. The molecule has 1 aliphatic rings. The molecule has 6 heteroatoms. The zero-order valence-electron chi connectivity index (χ0n) is 13.7. The molecule has 1 heterocycles. The van der Waals surface area contributed by atoms with E-state index >= 15 is 0 Å². The maximum Gasteiger partial charge on any atom is 0.255 e. The van der Waals surface area contributed by atoms with Gasteiger partial charge in [-0.05, 0) is 39.5 Å². The van der Waals surface area contributed by atoms with Crippen LogP contribution in [0.1, 0.15) is 62.0 Å². The number of aryl methyl sites for hydroxylation is 1. The van der Waals surface area contributed by atoms with Crippen molar-refractivity contribution in [2.75, 3.05) is 6.54 Å². The molecule has 3 N–H and O–H groups in total. The Bertz CT molecular complexity index is 530. The lowest BCUT2D eigenvalue weighted by atomic mass is 9.89. The Labute approximate surface area is 131 Å². The quantitative estimate of drug-likeness (QED) is 0.776. The third kappa shape index (κ3) is 4.08. The van der Waals surface area contributed by atoms with Crippen molar-refractivity contribution < 1.29 is 9.59 Å². The van der Waals surface area contributed by atoms with E-state index in [2.05, 4.69) is 20.8 Å². The van der Waals surface area contributed by atoms with E-state index in [4.69, 9.17) is 0 Å². The van der Waals surface area contributed by atoms with Gasteiger partial charge in [-0.3, -0.25) is 14.7 Å². The van der Waals surface area contributed by atoms with E-state index in [0.717, 1.165) is 0 Å². The number of aromatic amines is 1. The first-order valence-electron chi connectivity index (χ1n) is 8.01. The topological polar surface area (TPSA) is 86.9 Å². The standard InChI is InChI=1S/C16H26N4O2/c1-11-13(10-18-20-11)14(21)19-16(2,3)15(22)17-9-12-7-5-4-6-8-12/h10,12H,4-9H2,1-3H3,(H,17,22)(H,18,20)(H,19,21). The molecular formula is C16H26N4O2. The maximum absolute atomic E-state index is 12.3. The van der Waals surface area contributed by atoms with Gasteiger partial charge in [0.05, 0.1) is 11.8 Å². The van der Waals surface area contributed by atoms with Crippen molar-refractivity contribution in [3.05, 3.63) is 17.5 Å². The molecule has 0 aromatic carbocycles. The molecule has 1 aromatic rings. The van der Waals surface area contributed by atoms with Crippen LogP contribution in [0, 0.1) is 12.8 Å². The molecule has 1 fully saturated rings. The maximum atomic E-state index is 12.3. The summed E-state index contributed by atoms with van der Waals surface area (Å²) >= 11 is 0. The van der Waals surface area contributed by atoms with Gasteiger partial charge >= 0.3 is 0 Å². The molecule has 0 bridgehead atoms. The second-order valence-electron chi connectivity index (χ2n) is 6.70. The predicted octanol–water partition coefficient (Wildman–Crippen LogP) is 1.92. The van der Waals surface area contributed by atoms with Crippen molar-refractivity contribution in [2.24, 2.45) is 5.92 Å². The first-order chi connectivity index (χ1) is 10.4. The Hall–Kier alpha value is -1.85. The lowest BCUT2D eigenvalue weighted by molar-refractivity contribution is -0.126. The zero-order chi connectivity index (χ0) is 16.2. The van der Waals surface area contributed by atoms with Gasteiger partial charge in [-0.15, -0.1) is 0 Å². The fraction of sp³-hybridized carbons (Fsp3) is 0.688. The van der Waals surface area contributed by atoms with E-state index in [1.54, 1.807) is 20.8 Å². The molecule has 1 aliphatic carbocycles. The molecular weight excluding hydrogens is 280 g/mol. The van der Waals surface area contributed by atoms with Gasteiger partial charge in [0, 0.05) is 12.2 Å². The highest BCUT2D eigenvalue weighted by Crippen LogP contribution is 2.22.